The van der Waals surface area contributed by atoms with Crippen molar-refractivity contribution in [3.63, 3.8) is 0 Å². The Hall–Kier alpha value is -3.51. The zero-order valence-electron chi connectivity index (χ0n) is 16.8. The monoisotopic (exact) mass is 418 g/mol. The van der Waals surface area contributed by atoms with Crippen molar-refractivity contribution in [3.05, 3.63) is 101 Å². The molecular weight excluding hydrogens is 395 g/mol. The minimum atomic E-state index is -0.660. The van der Waals surface area contributed by atoms with Crippen molar-refractivity contribution < 1.29 is 19.1 Å². The minimum Gasteiger partial charge on any atom is -0.388 e. The molecule has 31 heavy (non-hydrogen) atoms. The van der Waals surface area contributed by atoms with Gasteiger partial charge in [-0.3, -0.25) is 9.59 Å². The number of carbonyl (C=O) groups excluding carboxylic acids is 2. The second-order valence-corrected chi connectivity index (χ2v) is 7.73. The van der Waals surface area contributed by atoms with Crippen LogP contribution in [0.25, 0.3) is 0 Å². The fourth-order valence-electron chi connectivity index (χ4n) is 4.12. The topological polar surface area (TPSA) is 83.6 Å². The summed E-state index contributed by atoms with van der Waals surface area (Å²) < 4.78 is 13.4. The molecule has 3 atom stereocenters. The molecule has 1 fully saturated rings. The zero-order valence-corrected chi connectivity index (χ0v) is 16.8. The Morgan fingerprint density at radius 3 is 2.26 bits per heavy atom. The molecule has 1 aliphatic heterocycles. The molecule has 3 aromatic carbocycles. The average Bonchev–Trinajstić information content (AvgIpc) is 2.79. The third-order valence-corrected chi connectivity index (χ3v) is 5.79. The van der Waals surface area contributed by atoms with Gasteiger partial charge in [0, 0.05) is 11.3 Å². The lowest BCUT2D eigenvalue weighted by molar-refractivity contribution is -0.131. The van der Waals surface area contributed by atoms with Crippen LogP contribution in [0.15, 0.2) is 78.9 Å². The van der Waals surface area contributed by atoms with Gasteiger partial charge in [-0.1, -0.05) is 42.5 Å². The number of hydrogen-bond donors (Lipinski definition) is 2. The van der Waals surface area contributed by atoms with E-state index >= 15 is 0 Å². The van der Waals surface area contributed by atoms with E-state index in [0.717, 1.165) is 11.1 Å². The Balaban J connectivity index is 1.58. The highest BCUT2D eigenvalue weighted by molar-refractivity contribution is 6.03. The molecule has 6 heteroatoms. The molecule has 1 saturated heterocycles. The molecule has 2 amide bonds. The standard InChI is InChI=1S/C25H23FN2O3/c26-19-10-12-20(13-11-19)28-23(17-6-8-18(9-7-17)24(27)30)21(25(28)31)14-15-22(29)16-4-2-1-3-5-16/h1-13,21-23,29H,14-15H2,(H2,27,30). The summed E-state index contributed by atoms with van der Waals surface area (Å²) in [6.45, 7) is 0. The second-order valence-electron chi connectivity index (χ2n) is 7.73. The third kappa shape index (κ3) is 4.20. The van der Waals surface area contributed by atoms with Gasteiger partial charge >= 0.3 is 0 Å². The van der Waals surface area contributed by atoms with Crippen molar-refractivity contribution in [1.29, 1.82) is 0 Å². The summed E-state index contributed by atoms with van der Waals surface area (Å²) in [5.41, 5.74) is 8.00. The first-order valence-electron chi connectivity index (χ1n) is 10.2. The lowest BCUT2D eigenvalue weighted by Crippen LogP contribution is -2.55. The summed E-state index contributed by atoms with van der Waals surface area (Å²) in [6, 6.07) is 21.7. The Morgan fingerprint density at radius 1 is 1.00 bits per heavy atom. The summed E-state index contributed by atoms with van der Waals surface area (Å²) in [4.78, 5) is 26.1. The van der Waals surface area contributed by atoms with E-state index in [9.17, 15) is 19.1 Å². The van der Waals surface area contributed by atoms with Crippen LogP contribution in [-0.2, 0) is 4.79 Å². The predicted octanol–water partition coefficient (Wildman–Crippen LogP) is 4.14. The van der Waals surface area contributed by atoms with E-state index in [4.69, 9.17) is 5.73 Å². The quantitative estimate of drug-likeness (QED) is 0.566. The number of carbonyl (C=O) groups is 2. The van der Waals surface area contributed by atoms with Gasteiger partial charge in [0.05, 0.1) is 18.1 Å². The van der Waals surface area contributed by atoms with Gasteiger partial charge in [0.2, 0.25) is 11.8 Å². The van der Waals surface area contributed by atoms with Gasteiger partial charge in [0.1, 0.15) is 5.82 Å². The number of primary amides is 1. The van der Waals surface area contributed by atoms with Crippen LogP contribution in [-0.4, -0.2) is 16.9 Å². The van der Waals surface area contributed by atoms with Crippen molar-refractivity contribution in [3.8, 4) is 0 Å². The summed E-state index contributed by atoms with van der Waals surface area (Å²) in [5, 5.41) is 10.5. The van der Waals surface area contributed by atoms with Gasteiger partial charge in [-0.2, -0.15) is 0 Å². The number of benzene rings is 3. The van der Waals surface area contributed by atoms with Gasteiger partial charge in [-0.25, -0.2) is 4.39 Å². The zero-order chi connectivity index (χ0) is 22.0. The van der Waals surface area contributed by atoms with Crippen LogP contribution >= 0.6 is 0 Å². The fourth-order valence-corrected chi connectivity index (χ4v) is 4.12. The van der Waals surface area contributed by atoms with E-state index in [1.807, 2.05) is 30.3 Å². The van der Waals surface area contributed by atoms with E-state index < -0.39 is 12.0 Å². The maximum Gasteiger partial charge on any atom is 0.248 e. The number of aliphatic hydroxyl groups excluding tert-OH is 1. The predicted molar refractivity (Wildman–Crippen MR) is 116 cm³/mol. The minimum absolute atomic E-state index is 0.0733. The van der Waals surface area contributed by atoms with Crippen LogP contribution in [0.2, 0.25) is 0 Å². The summed E-state index contributed by atoms with van der Waals surface area (Å²) in [5.74, 6) is -1.30. The number of rotatable bonds is 7. The van der Waals surface area contributed by atoms with Crippen molar-refractivity contribution in [2.45, 2.75) is 25.0 Å². The highest BCUT2D eigenvalue weighted by atomic mass is 19.1. The van der Waals surface area contributed by atoms with Gasteiger partial charge < -0.3 is 15.7 Å². The molecule has 0 aliphatic carbocycles. The molecule has 0 spiro atoms. The first-order chi connectivity index (χ1) is 15.0. The smallest absolute Gasteiger partial charge is 0.248 e. The fraction of sp³-hybridized carbons (Fsp3) is 0.200. The molecular formula is C25H23FN2O3. The first kappa shape index (κ1) is 20.8. The molecule has 4 rings (SSSR count). The van der Waals surface area contributed by atoms with E-state index in [0.29, 0.717) is 24.1 Å². The third-order valence-electron chi connectivity index (χ3n) is 5.79. The molecule has 0 radical (unpaired) electrons. The number of hydrogen-bond acceptors (Lipinski definition) is 3. The van der Waals surface area contributed by atoms with Gasteiger partial charge in [-0.05, 0) is 60.4 Å². The van der Waals surface area contributed by atoms with Gasteiger partial charge in [0.25, 0.3) is 0 Å². The summed E-state index contributed by atoms with van der Waals surface area (Å²) in [7, 11) is 0. The second kappa shape index (κ2) is 8.70. The molecule has 3 unspecified atom stereocenters. The van der Waals surface area contributed by atoms with E-state index in [1.54, 1.807) is 41.3 Å². The maximum absolute atomic E-state index is 13.4. The van der Waals surface area contributed by atoms with Crippen molar-refractivity contribution in [2.75, 3.05) is 4.90 Å². The van der Waals surface area contributed by atoms with Crippen LogP contribution in [0.3, 0.4) is 0 Å². The average molecular weight is 418 g/mol. The number of anilines is 1. The van der Waals surface area contributed by atoms with Crippen LogP contribution in [0.4, 0.5) is 10.1 Å². The largest absolute Gasteiger partial charge is 0.388 e. The SMILES string of the molecule is NC(=O)c1ccc(C2C(CCC(O)c3ccccc3)C(=O)N2c2ccc(F)cc2)cc1. The van der Waals surface area contributed by atoms with Crippen molar-refractivity contribution >= 4 is 17.5 Å². The van der Waals surface area contributed by atoms with E-state index in [1.165, 1.54) is 12.1 Å². The Bertz CT molecular complexity index is 1070. The number of halogens is 1. The molecule has 1 aliphatic rings. The van der Waals surface area contributed by atoms with Crippen LogP contribution in [0.1, 0.15) is 46.5 Å². The molecule has 5 nitrogen and oxygen atoms in total. The van der Waals surface area contributed by atoms with Crippen molar-refractivity contribution in [2.24, 2.45) is 11.7 Å². The summed E-state index contributed by atoms with van der Waals surface area (Å²) in [6.07, 6.45) is 0.273. The van der Waals surface area contributed by atoms with Crippen LogP contribution in [0, 0.1) is 11.7 Å². The lowest BCUT2D eigenvalue weighted by Gasteiger charge is -2.48. The van der Waals surface area contributed by atoms with Crippen LogP contribution in [0.5, 0.6) is 0 Å². The molecule has 3 N–H and O–H groups in total. The molecule has 0 bridgehead atoms. The number of amides is 2. The Kier molecular flexibility index (Phi) is 5.82. The number of nitrogens with zero attached hydrogens (tertiary/aromatic N) is 1. The number of aliphatic hydroxyl groups is 1. The van der Waals surface area contributed by atoms with Crippen molar-refractivity contribution in [1.82, 2.24) is 0 Å². The number of β-lactam (4-membered cyclic amide) rings is 1. The molecule has 158 valence electrons. The molecule has 0 saturated carbocycles. The highest BCUT2D eigenvalue weighted by Crippen LogP contribution is 2.46. The Morgan fingerprint density at radius 2 is 1.65 bits per heavy atom. The normalized spacial score (nSPS) is 19.0. The van der Waals surface area contributed by atoms with Crippen LogP contribution < -0.4 is 10.6 Å². The van der Waals surface area contributed by atoms with E-state index in [-0.39, 0.29) is 23.7 Å². The summed E-state index contributed by atoms with van der Waals surface area (Å²) >= 11 is 0. The first-order valence-corrected chi connectivity index (χ1v) is 10.2. The Labute approximate surface area is 179 Å². The van der Waals surface area contributed by atoms with Gasteiger partial charge in [0.15, 0.2) is 0 Å². The van der Waals surface area contributed by atoms with E-state index in [2.05, 4.69) is 0 Å². The molecule has 1 heterocycles. The highest BCUT2D eigenvalue weighted by Gasteiger charge is 2.48. The molecule has 0 aromatic heterocycles. The number of nitrogens with two attached hydrogens (primary N) is 1. The lowest BCUT2D eigenvalue weighted by atomic mass is 9.78. The molecule has 3 aromatic rings. The van der Waals surface area contributed by atoms with Gasteiger partial charge in [-0.15, -0.1) is 0 Å². The maximum atomic E-state index is 13.4.